The van der Waals surface area contributed by atoms with Crippen LogP contribution < -0.4 is 0 Å². The molecule has 2 heterocycles. The van der Waals surface area contributed by atoms with Crippen molar-refractivity contribution in [2.24, 2.45) is 0 Å². The summed E-state index contributed by atoms with van der Waals surface area (Å²) in [4.78, 5) is 19.3. The number of aromatic nitrogens is 2. The first-order valence-corrected chi connectivity index (χ1v) is 10.00. The van der Waals surface area contributed by atoms with Crippen molar-refractivity contribution in [1.29, 1.82) is 0 Å². The van der Waals surface area contributed by atoms with E-state index < -0.39 is 0 Å². The number of benzene rings is 1. The van der Waals surface area contributed by atoms with Gasteiger partial charge >= 0.3 is 0 Å². The average Bonchev–Trinajstić information content (AvgIpc) is 2.86. The van der Waals surface area contributed by atoms with Gasteiger partial charge in [0.05, 0.1) is 5.25 Å². The molecule has 5 heteroatoms. The van der Waals surface area contributed by atoms with Crippen LogP contribution >= 0.6 is 11.8 Å². The molecule has 1 aromatic heterocycles. The van der Waals surface area contributed by atoms with Crippen LogP contribution in [0.25, 0.3) is 5.69 Å². The summed E-state index contributed by atoms with van der Waals surface area (Å²) < 4.78 is 2.08. The summed E-state index contributed by atoms with van der Waals surface area (Å²) in [6, 6.07) is 6.47. The second-order valence-electron chi connectivity index (χ2n) is 6.93. The smallest absolute Gasteiger partial charge is 0.235 e. The van der Waals surface area contributed by atoms with E-state index >= 15 is 0 Å². The predicted octanol–water partition coefficient (Wildman–Crippen LogP) is 4.37. The zero-order valence-electron chi connectivity index (χ0n) is 15.4. The lowest BCUT2D eigenvalue weighted by atomic mass is 10.1. The second-order valence-corrected chi connectivity index (χ2v) is 8.23. The summed E-state index contributed by atoms with van der Waals surface area (Å²) in [5, 5.41) is 0.755. The molecule has 1 atom stereocenters. The van der Waals surface area contributed by atoms with Gasteiger partial charge in [0.25, 0.3) is 0 Å². The van der Waals surface area contributed by atoms with Gasteiger partial charge in [-0.05, 0) is 56.9 Å². The molecule has 1 aliphatic heterocycles. The first-order chi connectivity index (χ1) is 12.0. The molecule has 1 amide bonds. The Balaban J connectivity index is 1.75. The molecule has 25 heavy (non-hydrogen) atoms. The van der Waals surface area contributed by atoms with E-state index in [1.54, 1.807) is 11.8 Å². The number of imidazole rings is 1. The summed E-state index contributed by atoms with van der Waals surface area (Å²) in [6.07, 6.45) is 8.51. The molecule has 134 valence electrons. The zero-order chi connectivity index (χ0) is 17.8. The van der Waals surface area contributed by atoms with E-state index in [1.807, 2.05) is 24.2 Å². The number of rotatable bonds is 4. The number of carbonyl (C=O) groups is 1. The third-order valence-corrected chi connectivity index (χ3v) is 5.71. The van der Waals surface area contributed by atoms with Gasteiger partial charge in [0.15, 0.2) is 5.16 Å². The van der Waals surface area contributed by atoms with Crippen LogP contribution in [-0.4, -0.2) is 38.7 Å². The molecular formula is C20H27N3OS. The van der Waals surface area contributed by atoms with Crippen LogP contribution in [0, 0.1) is 13.8 Å². The van der Waals surface area contributed by atoms with Gasteiger partial charge in [-0.15, -0.1) is 0 Å². The van der Waals surface area contributed by atoms with Crippen molar-refractivity contribution in [3.8, 4) is 5.69 Å². The standard InChI is InChI=1S/C20H27N3OS/c1-15-12-16(2)14-18(13-15)23-11-8-21-20(23)25-17(3)19(24)22-9-6-4-5-7-10-22/h8,11-14,17H,4-7,9-10H2,1-3H3/t17-/m0/s1. The third-order valence-electron chi connectivity index (χ3n) is 4.64. The molecule has 0 aliphatic carbocycles. The Bertz CT molecular complexity index is 712. The van der Waals surface area contributed by atoms with E-state index in [-0.39, 0.29) is 11.2 Å². The average molecular weight is 358 g/mol. The first kappa shape index (κ1) is 18.1. The highest BCUT2D eigenvalue weighted by Crippen LogP contribution is 2.27. The Morgan fingerprint density at radius 1 is 1.08 bits per heavy atom. The van der Waals surface area contributed by atoms with Crippen LogP contribution in [0.1, 0.15) is 43.7 Å². The van der Waals surface area contributed by atoms with Crippen molar-refractivity contribution in [3.05, 3.63) is 41.7 Å². The quantitative estimate of drug-likeness (QED) is 0.763. The molecule has 1 aromatic carbocycles. The van der Waals surface area contributed by atoms with Crippen LogP contribution in [0.15, 0.2) is 35.7 Å². The highest BCUT2D eigenvalue weighted by atomic mass is 32.2. The molecule has 0 radical (unpaired) electrons. The molecule has 2 aromatic rings. The van der Waals surface area contributed by atoms with Crippen molar-refractivity contribution >= 4 is 17.7 Å². The second kappa shape index (κ2) is 8.09. The Labute approximate surface area is 154 Å². The fraction of sp³-hybridized carbons (Fsp3) is 0.500. The molecule has 0 spiro atoms. The van der Waals surface area contributed by atoms with Gasteiger partial charge in [-0.3, -0.25) is 9.36 Å². The van der Waals surface area contributed by atoms with Gasteiger partial charge < -0.3 is 4.90 Å². The van der Waals surface area contributed by atoms with Gasteiger partial charge in [0.2, 0.25) is 5.91 Å². The molecule has 1 fully saturated rings. The van der Waals surface area contributed by atoms with Crippen LogP contribution in [-0.2, 0) is 4.79 Å². The maximum Gasteiger partial charge on any atom is 0.235 e. The van der Waals surface area contributed by atoms with Gasteiger partial charge in [0, 0.05) is 31.2 Å². The minimum absolute atomic E-state index is 0.120. The number of carbonyl (C=O) groups excluding carboxylic acids is 1. The van der Waals surface area contributed by atoms with Crippen LogP contribution in [0.4, 0.5) is 0 Å². The number of hydrogen-bond donors (Lipinski definition) is 0. The topological polar surface area (TPSA) is 38.1 Å². The maximum atomic E-state index is 12.8. The van der Waals surface area contributed by atoms with Crippen molar-refractivity contribution in [2.75, 3.05) is 13.1 Å². The van der Waals surface area contributed by atoms with Crippen LogP contribution in [0.2, 0.25) is 0 Å². The summed E-state index contributed by atoms with van der Waals surface area (Å²) >= 11 is 1.55. The molecule has 3 rings (SSSR count). The van der Waals surface area contributed by atoms with Gasteiger partial charge in [-0.2, -0.15) is 0 Å². The molecule has 4 nitrogen and oxygen atoms in total. The fourth-order valence-electron chi connectivity index (χ4n) is 3.42. The van der Waals surface area contributed by atoms with Crippen molar-refractivity contribution in [1.82, 2.24) is 14.5 Å². The normalized spacial score (nSPS) is 16.5. The highest BCUT2D eigenvalue weighted by Gasteiger charge is 2.24. The Hall–Kier alpha value is -1.75. The van der Waals surface area contributed by atoms with Crippen molar-refractivity contribution in [2.45, 2.75) is 56.9 Å². The lowest BCUT2D eigenvalue weighted by molar-refractivity contribution is -0.130. The zero-order valence-corrected chi connectivity index (χ0v) is 16.2. The lowest BCUT2D eigenvalue weighted by Crippen LogP contribution is -2.37. The van der Waals surface area contributed by atoms with E-state index in [4.69, 9.17) is 0 Å². The maximum absolute atomic E-state index is 12.8. The summed E-state index contributed by atoms with van der Waals surface area (Å²) in [7, 11) is 0. The fourth-order valence-corrected chi connectivity index (χ4v) is 4.39. The Morgan fingerprint density at radius 2 is 1.72 bits per heavy atom. The Morgan fingerprint density at radius 3 is 2.36 bits per heavy atom. The molecule has 0 unspecified atom stereocenters. The minimum Gasteiger partial charge on any atom is -0.342 e. The van der Waals surface area contributed by atoms with Gasteiger partial charge in [-0.1, -0.05) is 30.7 Å². The van der Waals surface area contributed by atoms with Crippen molar-refractivity contribution < 1.29 is 4.79 Å². The number of hydrogen-bond acceptors (Lipinski definition) is 3. The molecular weight excluding hydrogens is 330 g/mol. The molecule has 0 bridgehead atoms. The minimum atomic E-state index is -0.120. The van der Waals surface area contributed by atoms with Crippen LogP contribution in [0.3, 0.4) is 0 Å². The number of thioether (sulfide) groups is 1. The van der Waals surface area contributed by atoms with Crippen molar-refractivity contribution in [3.63, 3.8) is 0 Å². The number of amides is 1. The first-order valence-electron chi connectivity index (χ1n) is 9.12. The number of nitrogens with zero attached hydrogens (tertiary/aromatic N) is 3. The molecule has 0 saturated carbocycles. The number of aryl methyl sites for hydroxylation is 2. The molecule has 0 N–H and O–H groups in total. The largest absolute Gasteiger partial charge is 0.342 e. The third kappa shape index (κ3) is 4.46. The lowest BCUT2D eigenvalue weighted by Gasteiger charge is -2.23. The SMILES string of the molecule is Cc1cc(C)cc(-n2ccnc2S[C@@H](C)C(=O)N2CCCCCC2)c1. The van der Waals surface area contributed by atoms with E-state index in [9.17, 15) is 4.79 Å². The van der Waals surface area contributed by atoms with E-state index in [2.05, 4.69) is 41.6 Å². The Kier molecular flexibility index (Phi) is 5.84. The highest BCUT2D eigenvalue weighted by molar-refractivity contribution is 8.00. The monoisotopic (exact) mass is 357 g/mol. The summed E-state index contributed by atoms with van der Waals surface area (Å²) in [6.45, 7) is 8.00. The predicted molar refractivity (Wildman–Crippen MR) is 103 cm³/mol. The number of likely N-dealkylation sites (tertiary alicyclic amines) is 1. The summed E-state index contributed by atoms with van der Waals surface area (Å²) in [5.74, 6) is 0.238. The van der Waals surface area contributed by atoms with Gasteiger partial charge in [0.1, 0.15) is 0 Å². The van der Waals surface area contributed by atoms with E-state index in [0.29, 0.717) is 0 Å². The molecule has 1 aliphatic rings. The van der Waals surface area contributed by atoms with E-state index in [1.165, 1.54) is 24.0 Å². The van der Waals surface area contributed by atoms with Gasteiger partial charge in [-0.25, -0.2) is 4.98 Å². The molecule has 1 saturated heterocycles. The van der Waals surface area contributed by atoms with Crippen LogP contribution in [0.5, 0.6) is 0 Å². The van der Waals surface area contributed by atoms with E-state index in [0.717, 1.165) is 36.8 Å². The summed E-state index contributed by atoms with van der Waals surface area (Å²) in [5.41, 5.74) is 3.56.